The lowest BCUT2D eigenvalue weighted by Gasteiger charge is -2.14. The van der Waals surface area contributed by atoms with Gasteiger partial charge in [-0.25, -0.2) is 0 Å². The number of para-hydroxylation sites is 1. The average molecular weight is 280 g/mol. The third-order valence-electron chi connectivity index (χ3n) is 2.25. The van der Waals surface area contributed by atoms with E-state index in [4.69, 9.17) is 9.47 Å². The molecule has 20 heavy (non-hydrogen) atoms. The van der Waals surface area contributed by atoms with Gasteiger partial charge in [-0.1, -0.05) is 12.1 Å². The number of rotatable bonds is 6. The number of ether oxygens (including phenoxy) is 2. The summed E-state index contributed by atoms with van der Waals surface area (Å²) in [5.41, 5.74) is 4.96. The highest BCUT2D eigenvalue weighted by Gasteiger charge is 2.13. The Morgan fingerprint density at radius 1 is 1.20 bits per heavy atom. The molecule has 1 aromatic rings. The van der Waals surface area contributed by atoms with E-state index in [0.717, 1.165) is 0 Å². The second kappa shape index (κ2) is 8.16. The molecule has 0 fully saturated rings. The summed E-state index contributed by atoms with van der Waals surface area (Å²) in [5.74, 6) is -0.382. The molecule has 0 radical (unpaired) electrons. The topological polar surface area (TPSA) is 76.7 Å². The van der Waals surface area contributed by atoms with Gasteiger partial charge in [0, 0.05) is 6.61 Å². The standard InChI is InChI=1S/C14H20N2O4/c1-4-19-9-13(17)15-16-14(18)11-7-5-6-8-12(11)20-10(2)3/h5-8,10H,4,9H2,1-3H3,(H,15,17)(H,16,18). The van der Waals surface area contributed by atoms with Crippen LogP contribution in [0.25, 0.3) is 0 Å². The number of carbonyl (C=O) groups excluding carboxylic acids is 2. The first-order chi connectivity index (χ1) is 9.54. The van der Waals surface area contributed by atoms with Gasteiger partial charge >= 0.3 is 0 Å². The molecule has 0 heterocycles. The van der Waals surface area contributed by atoms with Crippen LogP contribution >= 0.6 is 0 Å². The number of hydrazine groups is 1. The highest BCUT2D eigenvalue weighted by Crippen LogP contribution is 2.18. The molecule has 0 aliphatic heterocycles. The number of carbonyl (C=O) groups is 2. The first-order valence-electron chi connectivity index (χ1n) is 6.47. The summed E-state index contributed by atoms with van der Waals surface area (Å²) in [6, 6.07) is 6.84. The molecule has 0 bridgehead atoms. The predicted octanol–water partition coefficient (Wildman–Crippen LogP) is 1.27. The van der Waals surface area contributed by atoms with Crippen LogP contribution in [-0.4, -0.2) is 31.1 Å². The largest absolute Gasteiger partial charge is 0.490 e. The highest BCUT2D eigenvalue weighted by atomic mass is 16.5. The fraction of sp³-hybridized carbons (Fsp3) is 0.429. The second-order valence-corrected chi connectivity index (χ2v) is 4.30. The lowest BCUT2D eigenvalue weighted by Crippen LogP contribution is -2.43. The maximum absolute atomic E-state index is 12.0. The average Bonchev–Trinajstić information content (AvgIpc) is 2.42. The maximum Gasteiger partial charge on any atom is 0.273 e. The Morgan fingerprint density at radius 2 is 1.90 bits per heavy atom. The van der Waals surface area contributed by atoms with Gasteiger partial charge in [0.1, 0.15) is 12.4 Å². The Balaban J connectivity index is 2.61. The quantitative estimate of drug-likeness (QED) is 0.769. The van der Waals surface area contributed by atoms with Gasteiger partial charge in [0.05, 0.1) is 11.7 Å². The maximum atomic E-state index is 12.0. The number of amides is 2. The number of nitrogens with one attached hydrogen (secondary N) is 2. The predicted molar refractivity (Wildman–Crippen MR) is 74.3 cm³/mol. The third kappa shape index (κ3) is 5.27. The van der Waals surface area contributed by atoms with Crippen molar-refractivity contribution in [1.82, 2.24) is 10.9 Å². The van der Waals surface area contributed by atoms with Crippen LogP contribution in [0.3, 0.4) is 0 Å². The Kier molecular flexibility index (Phi) is 6.52. The van der Waals surface area contributed by atoms with E-state index >= 15 is 0 Å². The summed E-state index contributed by atoms with van der Waals surface area (Å²) in [7, 11) is 0. The molecule has 0 saturated heterocycles. The van der Waals surface area contributed by atoms with Crippen LogP contribution in [0.2, 0.25) is 0 Å². The van der Waals surface area contributed by atoms with Gasteiger partial charge in [0.15, 0.2) is 0 Å². The van der Waals surface area contributed by atoms with Crippen molar-refractivity contribution < 1.29 is 19.1 Å². The Labute approximate surface area is 118 Å². The van der Waals surface area contributed by atoms with Crippen molar-refractivity contribution >= 4 is 11.8 Å². The van der Waals surface area contributed by atoms with Crippen LogP contribution in [0.1, 0.15) is 31.1 Å². The minimum Gasteiger partial charge on any atom is -0.490 e. The first kappa shape index (κ1) is 16.0. The summed E-state index contributed by atoms with van der Waals surface area (Å²) in [4.78, 5) is 23.3. The number of hydrogen-bond acceptors (Lipinski definition) is 4. The van der Waals surface area contributed by atoms with Crippen molar-refractivity contribution in [3.8, 4) is 5.75 Å². The van der Waals surface area contributed by atoms with Crippen molar-refractivity contribution in [3.05, 3.63) is 29.8 Å². The molecule has 0 aromatic heterocycles. The van der Waals surface area contributed by atoms with Gasteiger partial charge in [-0.15, -0.1) is 0 Å². The molecule has 2 N–H and O–H groups in total. The third-order valence-corrected chi connectivity index (χ3v) is 2.25. The van der Waals surface area contributed by atoms with Crippen LogP contribution in [0.15, 0.2) is 24.3 Å². The molecule has 0 aliphatic rings. The molecule has 0 unspecified atom stereocenters. The van der Waals surface area contributed by atoms with Crippen LogP contribution in [-0.2, 0) is 9.53 Å². The molecule has 0 aliphatic carbocycles. The van der Waals surface area contributed by atoms with E-state index in [1.807, 2.05) is 13.8 Å². The summed E-state index contributed by atoms with van der Waals surface area (Å²) >= 11 is 0. The lowest BCUT2D eigenvalue weighted by molar-refractivity contribution is -0.126. The molecule has 110 valence electrons. The van der Waals surface area contributed by atoms with Crippen LogP contribution in [0, 0.1) is 0 Å². The van der Waals surface area contributed by atoms with Crippen molar-refractivity contribution in [1.29, 1.82) is 0 Å². The van der Waals surface area contributed by atoms with Crippen molar-refractivity contribution in [2.24, 2.45) is 0 Å². The van der Waals surface area contributed by atoms with Gasteiger partial charge in [-0.3, -0.25) is 20.4 Å². The SMILES string of the molecule is CCOCC(=O)NNC(=O)c1ccccc1OC(C)C. The monoisotopic (exact) mass is 280 g/mol. The molecule has 1 rings (SSSR count). The fourth-order valence-electron chi connectivity index (χ4n) is 1.44. The molecule has 0 spiro atoms. The minimum absolute atomic E-state index is 0.0449. The van der Waals surface area contributed by atoms with Crippen LogP contribution in [0.4, 0.5) is 0 Å². The number of hydrogen-bond donors (Lipinski definition) is 2. The van der Waals surface area contributed by atoms with Gasteiger partial charge < -0.3 is 9.47 Å². The van der Waals surface area contributed by atoms with Gasteiger partial charge in [-0.05, 0) is 32.9 Å². The lowest BCUT2D eigenvalue weighted by atomic mass is 10.2. The van der Waals surface area contributed by atoms with Gasteiger partial charge in [0.25, 0.3) is 11.8 Å². The zero-order valence-electron chi connectivity index (χ0n) is 11.9. The first-order valence-corrected chi connectivity index (χ1v) is 6.47. The van der Waals surface area contributed by atoms with Crippen molar-refractivity contribution in [3.63, 3.8) is 0 Å². The molecule has 6 heteroatoms. The zero-order valence-corrected chi connectivity index (χ0v) is 11.9. The zero-order chi connectivity index (χ0) is 15.0. The minimum atomic E-state index is -0.439. The van der Waals surface area contributed by atoms with E-state index in [1.165, 1.54) is 0 Å². The Hall–Kier alpha value is -2.08. The molecule has 2 amide bonds. The Morgan fingerprint density at radius 3 is 2.55 bits per heavy atom. The van der Waals surface area contributed by atoms with Crippen LogP contribution < -0.4 is 15.6 Å². The molecule has 0 saturated carbocycles. The molecular weight excluding hydrogens is 260 g/mol. The van der Waals surface area contributed by atoms with E-state index < -0.39 is 11.8 Å². The fourth-order valence-corrected chi connectivity index (χ4v) is 1.44. The summed E-state index contributed by atoms with van der Waals surface area (Å²) < 4.78 is 10.5. The molecule has 1 aromatic carbocycles. The highest BCUT2D eigenvalue weighted by molar-refractivity contribution is 5.97. The molecule has 6 nitrogen and oxygen atoms in total. The van der Waals surface area contributed by atoms with E-state index in [9.17, 15) is 9.59 Å². The Bertz CT molecular complexity index is 460. The smallest absolute Gasteiger partial charge is 0.273 e. The summed E-state index contributed by atoms with van der Waals surface area (Å²) in [6.45, 7) is 5.87. The van der Waals surface area contributed by atoms with E-state index in [1.54, 1.807) is 31.2 Å². The van der Waals surface area contributed by atoms with Gasteiger partial charge in [0.2, 0.25) is 0 Å². The molecule has 0 atom stereocenters. The number of benzene rings is 1. The summed E-state index contributed by atoms with van der Waals surface area (Å²) in [6.07, 6.45) is -0.0449. The van der Waals surface area contributed by atoms with E-state index in [2.05, 4.69) is 10.9 Å². The van der Waals surface area contributed by atoms with E-state index in [0.29, 0.717) is 17.9 Å². The summed E-state index contributed by atoms with van der Waals surface area (Å²) in [5, 5.41) is 0. The van der Waals surface area contributed by atoms with E-state index in [-0.39, 0.29) is 12.7 Å². The van der Waals surface area contributed by atoms with Gasteiger partial charge in [-0.2, -0.15) is 0 Å². The van der Waals surface area contributed by atoms with Crippen molar-refractivity contribution in [2.75, 3.05) is 13.2 Å². The normalized spacial score (nSPS) is 10.2. The van der Waals surface area contributed by atoms with Crippen molar-refractivity contribution in [2.45, 2.75) is 26.9 Å². The second-order valence-electron chi connectivity index (χ2n) is 4.30. The molecular formula is C14H20N2O4. The van der Waals surface area contributed by atoms with Crippen LogP contribution in [0.5, 0.6) is 5.75 Å².